The van der Waals surface area contributed by atoms with E-state index >= 15 is 0 Å². The van der Waals surface area contributed by atoms with E-state index in [-0.39, 0.29) is 11.9 Å². The zero-order chi connectivity index (χ0) is 25.5. The number of urea groups is 1. The Bertz CT molecular complexity index is 1080. The zero-order valence-corrected chi connectivity index (χ0v) is 22.1. The Kier molecular flexibility index (Phi) is 9.47. The monoisotopic (exact) mass is 529 g/mol. The van der Waals surface area contributed by atoms with Gasteiger partial charge in [0, 0.05) is 23.2 Å². The molecule has 0 saturated carbocycles. The molecule has 3 atom stereocenters. The topological polar surface area (TPSA) is 44.4 Å². The molecule has 2 N–H and O–H groups in total. The van der Waals surface area contributed by atoms with Crippen molar-refractivity contribution in [3.05, 3.63) is 83.0 Å². The molecular weight excluding hydrogens is 496 g/mol. The SMILES string of the molecule is CCCN1CCC(C(CNC(=O)NC2=CC(Cl)[C@@H](F)C=C2)c2ccc(-c3cccc(Cl)c3)cc2)CC1. The Morgan fingerprint density at radius 1 is 1.14 bits per heavy atom. The van der Waals surface area contributed by atoms with Gasteiger partial charge in [0.15, 0.2) is 0 Å². The third-order valence-electron chi connectivity index (χ3n) is 7.08. The quantitative estimate of drug-likeness (QED) is 0.365. The van der Waals surface area contributed by atoms with Gasteiger partial charge in [0.2, 0.25) is 0 Å². The maximum Gasteiger partial charge on any atom is 0.319 e. The van der Waals surface area contributed by atoms with Crippen molar-refractivity contribution in [1.82, 2.24) is 15.5 Å². The molecule has 0 radical (unpaired) electrons. The van der Waals surface area contributed by atoms with E-state index in [2.05, 4.69) is 52.8 Å². The molecule has 7 heteroatoms. The molecule has 4 nitrogen and oxygen atoms in total. The number of rotatable bonds is 8. The van der Waals surface area contributed by atoms with Crippen LogP contribution in [0, 0.1) is 5.92 Å². The molecule has 0 spiro atoms. The number of nitrogens with zero attached hydrogens (tertiary/aromatic N) is 1. The summed E-state index contributed by atoms with van der Waals surface area (Å²) in [5.74, 6) is 0.670. The van der Waals surface area contributed by atoms with Gasteiger partial charge in [0.1, 0.15) is 6.17 Å². The largest absolute Gasteiger partial charge is 0.337 e. The first-order valence-corrected chi connectivity index (χ1v) is 13.6. The second kappa shape index (κ2) is 12.8. The number of nitrogens with one attached hydrogen (secondary N) is 2. The van der Waals surface area contributed by atoms with Crippen LogP contribution in [0.5, 0.6) is 0 Å². The fraction of sp³-hybridized carbons (Fsp3) is 0.414. The van der Waals surface area contributed by atoms with Crippen molar-refractivity contribution in [1.29, 1.82) is 0 Å². The summed E-state index contributed by atoms with van der Waals surface area (Å²) >= 11 is 12.2. The fourth-order valence-electron chi connectivity index (χ4n) is 5.12. The van der Waals surface area contributed by atoms with Gasteiger partial charge in [0.25, 0.3) is 0 Å². The van der Waals surface area contributed by atoms with Gasteiger partial charge in [-0.3, -0.25) is 0 Å². The van der Waals surface area contributed by atoms with E-state index in [4.69, 9.17) is 23.2 Å². The molecular formula is C29H34Cl2FN3O. The molecule has 0 aromatic heterocycles. The maximum atomic E-state index is 13.6. The summed E-state index contributed by atoms with van der Waals surface area (Å²) in [6.45, 7) is 6.04. The van der Waals surface area contributed by atoms with Crippen molar-refractivity contribution in [3.8, 4) is 11.1 Å². The second-order valence-electron chi connectivity index (χ2n) is 9.62. The molecule has 0 bridgehead atoms. The third-order valence-corrected chi connectivity index (χ3v) is 7.68. The van der Waals surface area contributed by atoms with E-state index in [1.54, 1.807) is 6.08 Å². The highest BCUT2D eigenvalue weighted by atomic mass is 35.5. The van der Waals surface area contributed by atoms with Crippen molar-refractivity contribution >= 4 is 29.2 Å². The lowest BCUT2D eigenvalue weighted by Crippen LogP contribution is -2.41. The number of benzene rings is 2. The molecule has 1 aliphatic carbocycles. The van der Waals surface area contributed by atoms with Gasteiger partial charge in [0.05, 0.1) is 5.38 Å². The number of allylic oxidation sites excluding steroid dienone is 3. The van der Waals surface area contributed by atoms with Crippen LogP contribution in [0.15, 0.2) is 72.5 Å². The average molecular weight is 531 g/mol. The Morgan fingerprint density at radius 3 is 2.56 bits per heavy atom. The number of carbonyl (C=O) groups is 1. The van der Waals surface area contributed by atoms with E-state index in [1.165, 1.54) is 17.7 Å². The van der Waals surface area contributed by atoms with E-state index in [0.29, 0.717) is 23.2 Å². The molecule has 2 unspecified atom stereocenters. The number of likely N-dealkylation sites (tertiary alicyclic amines) is 1. The van der Waals surface area contributed by atoms with Crippen molar-refractivity contribution in [2.24, 2.45) is 5.92 Å². The van der Waals surface area contributed by atoms with Crippen LogP contribution in [0.1, 0.15) is 37.7 Å². The van der Waals surface area contributed by atoms with Crippen LogP contribution in [0.3, 0.4) is 0 Å². The van der Waals surface area contributed by atoms with Crippen LogP contribution in [0.2, 0.25) is 5.02 Å². The number of hydrogen-bond acceptors (Lipinski definition) is 2. The summed E-state index contributed by atoms with van der Waals surface area (Å²) in [4.78, 5) is 15.2. The predicted octanol–water partition coefficient (Wildman–Crippen LogP) is 6.91. The minimum absolute atomic E-state index is 0.194. The number of carbonyl (C=O) groups excluding carboxylic acids is 1. The Hall–Kier alpha value is -2.34. The van der Waals surface area contributed by atoms with Gasteiger partial charge in [-0.25, -0.2) is 9.18 Å². The molecule has 2 aromatic rings. The molecule has 36 heavy (non-hydrogen) atoms. The summed E-state index contributed by atoms with van der Waals surface area (Å²) in [5.41, 5.74) is 3.92. The van der Waals surface area contributed by atoms with E-state index in [9.17, 15) is 9.18 Å². The fourth-order valence-corrected chi connectivity index (χ4v) is 5.53. The Morgan fingerprint density at radius 2 is 1.89 bits per heavy atom. The van der Waals surface area contributed by atoms with Crippen molar-refractivity contribution < 1.29 is 9.18 Å². The van der Waals surface area contributed by atoms with Gasteiger partial charge in [-0.15, -0.1) is 11.6 Å². The zero-order valence-electron chi connectivity index (χ0n) is 20.6. The number of amides is 2. The second-order valence-corrected chi connectivity index (χ2v) is 10.6. The lowest BCUT2D eigenvalue weighted by molar-refractivity contribution is 0.167. The normalized spacial score (nSPS) is 21.6. The molecule has 1 aliphatic heterocycles. The predicted molar refractivity (Wildman–Crippen MR) is 147 cm³/mol. The van der Waals surface area contributed by atoms with Gasteiger partial charge in [-0.2, -0.15) is 0 Å². The van der Waals surface area contributed by atoms with Crippen molar-refractivity contribution in [2.45, 2.75) is 43.7 Å². The minimum Gasteiger partial charge on any atom is -0.337 e. The first kappa shape index (κ1) is 26.7. The number of piperidine rings is 1. The number of hydrogen-bond donors (Lipinski definition) is 2. The van der Waals surface area contributed by atoms with Crippen molar-refractivity contribution in [2.75, 3.05) is 26.2 Å². The van der Waals surface area contributed by atoms with Gasteiger partial charge >= 0.3 is 6.03 Å². The minimum atomic E-state index is -1.24. The van der Waals surface area contributed by atoms with E-state index < -0.39 is 11.5 Å². The Labute approximate surface area is 223 Å². The standard InChI is InChI=1S/C29H34Cl2FN3O/c1-2-14-35-15-12-22(13-16-35)26(19-33-29(36)34-25-10-11-28(32)27(31)18-25)21-8-6-20(7-9-21)23-4-3-5-24(30)17-23/h3-11,17-18,22,26-28H,2,12-16,19H2,1H3,(H2,33,34,36)/t26?,27?,28-/m0/s1. The smallest absolute Gasteiger partial charge is 0.319 e. The number of alkyl halides is 2. The van der Waals surface area contributed by atoms with E-state index in [0.717, 1.165) is 50.0 Å². The molecule has 1 heterocycles. The summed E-state index contributed by atoms with van der Waals surface area (Å²) in [5, 5.41) is 5.78. The first-order valence-electron chi connectivity index (χ1n) is 12.7. The van der Waals surface area contributed by atoms with Crippen LogP contribution >= 0.6 is 23.2 Å². The molecule has 4 rings (SSSR count). The molecule has 2 aromatic carbocycles. The van der Waals surface area contributed by atoms with Crippen LogP contribution in [-0.2, 0) is 0 Å². The molecule has 2 amide bonds. The Balaban J connectivity index is 1.45. The first-order chi connectivity index (χ1) is 17.4. The van der Waals surface area contributed by atoms with Gasteiger partial charge < -0.3 is 15.5 Å². The lowest BCUT2D eigenvalue weighted by atomic mass is 9.79. The summed E-state index contributed by atoms with van der Waals surface area (Å²) in [6, 6.07) is 16.1. The van der Waals surface area contributed by atoms with Gasteiger partial charge in [-0.05, 0) is 91.9 Å². The lowest BCUT2D eigenvalue weighted by Gasteiger charge is -2.36. The third kappa shape index (κ3) is 7.12. The average Bonchev–Trinajstić information content (AvgIpc) is 2.88. The van der Waals surface area contributed by atoms with Crippen molar-refractivity contribution in [3.63, 3.8) is 0 Å². The molecule has 1 fully saturated rings. The van der Waals surface area contributed by atoms with Crippen LogP contribution in [0.4, 0.5) is 9.18 Å². The highest BCUT2D eigenvalue weighted by molar-refractivity contribution is 6.30. The van der Waals surface area contributed by atoms with Crippen LogP contribution in [0.25, 0.3) is 11.1 Å². The number of halogens is 3. The summed E-state index contributed by atoms with van der Waals surface area (Å²) < 4.78 is 13.6. The van der Waals surface area contributed by atoms with Crippen LogP contribution in [-0.4, -0.2) is 48.7 Å². The summed E-state index contributed by atoms with van der Waals surface area (Å²) in [6.07, 6.45) is 6.57. The maximum absolute atomic E-state index is 13.6. The highest BCUT2D eigenvalue weighted by Gasteiger charge is 2.28. The molecule has 2 aliphatic rings. The van der Waals surface area contributed by atoms with Gasteiger partial charge in [-0.1, -0.05) is 54.9 Å². The van der Waals surface area contributed by atoms with E-state index in [1.807, 2.05) is 18.2 Å². The molecule has 1 saturated heterocycles. The summed E-state index contributed by atoms with van der Waals surface area (Å²) in [7, 11) is 0. The van der Waals surface area contributed by atoms with Crippen LogP contribution < -0.4 is 10.6 Å². The molecule has 192 valence electrons. The highest BCUT2D eigenvalue weighted by Crippen LogP contribution is 2.34.